The van der Waals surface area contributed by atoms with E-state index in [4.69, 9.17) is 4.74 Å². The summed E-state index contributed by atoms with van der Waals surface area (Å²) in [6.45, 7) is 13.2. The third-order valence-corrected chi connectivity index (χ3v) is 9.37. The molecule has 196 valence electrons. The summed E-state index contributed by atoms with van der Waals surface area (Å²) in [4.78, 5) is 30.7. The molecule has 3 rings (SSSR count). The molecule has 2 heterocycles. The maximum absolute atomic E-state index is 13.2. The molecule has 7 heteroatoms. The average molecular weight is 506 g/mol. The van der Waals surface area contributed by atoms with Crippen LogP contribution < -0.4 is 0 Å². The molecule has 7 atom stereocenters. The minimum Gasteiger partial charge on any atom is -0.458 e. The smallest absolute Gasteiger partial charge is 0.309 e. The number of hydrogen-bond acceptors (Lipinski definition) is 7. The van der Waals surface area contributed by atoms with E-state index in [0.717, 1.165) is 48.4 Å². The lowest BCUT2D eigenvalue weighted by Gasteiger charge is -2.34. The number of carbonyl (C=O) groups is 2. The van der Waals surface area contributed by atoms with Crippen LogP contribution in [-0.2, 0) is 14.3 Å². The zero-order valence-electron chi connectivity index (χ0n) is 22.3. The summed E-state index contributed by atoms with van der Waals surface area (Å²) in [6, 6.07) is 0. The van der Waals surface area contributed by atoms with Crippen LogP contribution in [0.4, 0.5) is 0 Å². The number of thiazole rings is 1. The molecule has 0 amide bonds. The van der Waals surface area contributed by atoms with Crippen LogP contribution in [0, 0.1) is 35.5 Å². The zero-order chi connectivity index (χ0) is 26.1. The number of ketones is 1. The molecule has 35 heavy (non-hydrogen) atoms. The number of aliphatic hydroxyl groups is 2. The second kappa shape index (κ2) is 10.8. The Hall–Kier alpha value is -1.57. The Balaban J connectivity index is 1.85. The Morgan fingerprint density at radius 2 is 1.91 bits per heavy atom. The number of hydrogen-bond donors (Lipinski definition) is 2. The van der Waals surface area contributed by atoms with Crippen molar-refractivity contribution in [2.24, 2.45) is 28.6 Å². The quantitative estimate of drug-likeness (QED) is 0.526. The van der Waals surface area contributed by atoms with Crippen LogP contribution in [0.5, 0.6) is 0 Å². The first-order valence-electron chi connectivity index (χ1n) is 12.9. The SMILES string of the molecule is CC(=Cc1csc(C)n1)[C@@H]1C[C@@H]2C[C@@]2(C)CCC[C@H](C)[C@H](O)[C@@H](C)C(=O)C(C)(C)[C@@H](O)CC(=O)O1. The van der Waals surface area contributed by atoms with Crippen molar-refractivity contribution in [2.45, 2.75) is 105 Å². The van der Waals surface area contributed by atoms with Gasteiger partial charge in [0.25, 0.3) is 0 Å². The number of aryl methyl sites for hydroxylation is 1. The molecule has 1 aliphatic heterocycles. The van der Waals surface area contributed by atoms with Gasteiger partial charge in [-0.2, -0.15) is 0 Å². The van der Waals surface area contributed by atoms with Crippen LogP contribution >= 0.6 is 11.3 Å². The second-order valence-electron chi connectivity index (χ2n) is 11.9. The van der Waals surface area contributed by atoms with Crippen LogP contribution in [0.25, 0.3) is 6.08 Å². The fourth-order valence-electron chi connectivity index (χ4n) is 5.55. The first kappa shape index (κ1) is 28.0. The molecule has 6 nitrogen and oxygen atoms in total. The predicted molar refractivity (Wildman–Crippen MR) is 139 cm³/mol. The fourth-order valence-corrected chi connectivity index (χ4v) is 6.12. The molecule has 0 bridgehead atoms. The van der Waals surface area contributed by atoms with Gasteiger partial charge in [0.1, 0.15) is 11.9 Å². The van der Waals surface area contributed by atoms with Gasteiger partial charge >= 0.3 is 5.97 Å². The van der Waals surface area contributed by atoms with E-state index >= 15 is 0 Å². The highest BCUT2D eigenvalue weighted by Crippen LogP contribution is 2.58. The van der Waals surface area contributed by atoms with Gasteiger partial charge in [-0.25, -0.2) is 4.98 Å². The van der Waals surface area contributed by atoms with E-state index in [0.29, 0.717) is 5.92 Å². The molecule has 2 fully saturated rings. The maximum atomic E-state index is 13.2. The number of aromatic nitrogens is 1. The van der Waals surface area contributed by atoms with E-state index in [1.807, 2.05) is 32.2 Å². The number of esters is 1. The van der Waals surface area contributed by atoms with Gasteiger partial charge in [0, 0.05) is 11.3 Å². The van der Waals surface area contributed by atoms with Crippen molar-refractivity contribution in [3.8, 4) is 0 Å². The highest BCUT2D eigenvalue weighted by molar-refractivity contribution is 7.09. The molecule has 0 radical (unpaired) electrons. The van der Waals surface area contributed by atoms with Crippen molar-refractivity contribution in [1.29, 1.82) is 0 Å². The number of carbonyl (C=O) groups excluding carboxylic acids is 2. The molecule has 1 aromatic heterocycles. The Morgan fingerprint density at radius 1 is 1.23 bits per heavy atom. The largest absolute Gasteiger partial charge is 0.458 e. The van der Waals surface area contributed by atoms with Crippen molar-refractivity contribution in [1.82, 2.24) is 4.98 Å². The second-order valence-corrected chi connectivity index (χ2v) is 13.0. The van der Waals surface area contributed by atoms with Crippen molar-refractivity contribution < 1.29 is 24.5 Å². The first-order valence-corrected chi connectivity index (χ1v) is 13.8. The number of ether oxygens (including phenoxy) is 1. The third kappa shape index (κ3) is 6.60. The normalized spacial score (nSPS) is 37.5. The molecule has 0 spiro atoms. The van der Waals surface area contributed by atoms with Crippen molar-refractivity contribution in [3.63, 3.8) is 0 Å². The van der Waals surface area contributed by atoms with E-state index in [1.165, 1.54) is 0 Å². The lowest BCUT2D eigenvalue weighted by atomic mass is 9.73. The van der Waals surface area contributed by atoms with E-state index in [2.05, 4.69) is 11.9 Å². The van der Waals surface area contributed by atoms with Gasteiger partial charge in [0.2, 0.25) is 0 Å². The van der Waals surface area contributed by atoms with E-state index in [1.54, 1.807) is 32.1 Å². The molecular weight excluding hydrogens is 462 g/mol. The van der Waals surface area contributed by atoms with Crippen LogP contribution in [0.2, 0.25) is 0 Å². The van der Waals surface area contributed by atoms with Crippen LogP contribution in [0.3, 0.4) is 0 Å². The number of rotatable bonds is 2. The van der Waals surface area contributed by atoms with Crippen molar-refractivity contribution in [2.75, 3.05) is 0 Å². The van der Waals surface area contributed by atoms with Gasteiger partial charge in [-0.15, -0.1) is 11.3 Å². The van der Waals surface area contributed by atoms with Crippen molar-refractivity contribution in [3.05, 3.63) is 21.7 Å². The monoisotopic (exact) mass is 505 g/mol. The van der Waals surface area contributed by atoms with Crippen molar-refractivity contribution >= 4 is 29.2 Å². The fraction of sp³-hybridized carbons (Fsp3) is 0.750. The topological polar surface area (TPSA) is 96.7 Å². The molecule has 1 aliphatic carbocycles. The number of aliphatic hydroxyl groups excluding tert-OH is 2. The van der Waals surface area contributed by atoms with Gasteiger partial charge in [0.05, 0.1) is 34.7 Å². The Kier molecular flexibility index (Phi) is 8.65. The predicted octanol–water partition coefficient (Wildman–Crippen LogP) is 5.35. The molecule has 1 saturated carbocycles. The zero-order valence-corrected chi connectivity index (χ0v) is 23.2. The minimum absolute atomic E-state index is 0.0138. The summed E-state index contributed by atoms with van der Waals surface area (Å²) >= 11 is 1.58. The molecule has 0 unspecified atom stereocenters. The van der Waals surface area contributed by atoms with Crippen LogP contribution in [0.15, 0.2) is 11.0 Å². The Bertz CT molecular complexity index is 953. The number of nitrogens with zero attached hydrogens (tertiary/aromatic N) is 1. The molecule has 1 saturated heterocycles. The van der Waals surface area contributed by atoms with Gasteiger partial charge in [-0.05, 0) is 68.4 Å². The highest BCUT2D eigenvalue weighted by Gasteiger charge is 2.50. The molecular formula is C28H43NO5S. The average Bonchev–Trinajstić information content (AvgIpc) is 3.22. The summed E-state index contributed by atoms with van der Waals surface area (Å²) in [5, 5.41) is 24.7. The Labute approximate surface area is 214 Å². The van der Waals surface area contributed by atoms with Gasteiger partial charge in [-0.3, -0.25) is 9.59 Å². The molecule has 2 aliphatic rings. The summed E-state index contributed by atoms with van der Waals surface area (Å²) in [5.74, 6) is -0.926. The number of fused-ring (bicyclic) bond motifs is 1. The van der Waals surface area contributed by atoms with Gasteiger partial charge < -0.3 is 14.9 Å². The van der Waals surface area contributed by atoms with Gasteiger partial charge in [0.15, 0.2) is 0 Å². The summed E-state index contributed by atoms with van der Waals surface area (Å²) in [5.41, 5.74) is 0.825. The summed E-state index contributed by atoms with van der Waals surface area (Å²) in [7, 11) is 0. The molecule has 0 aromatic carbocycles. The lowest BCUT2D eigenvalue weighted by Crippen LogP contribution is -2.45. The number of Topliss-reactive ketones (excluding diaryl/α,β-unsaturated/α-hetero) is 1. The standard InChI is InChI=1S/C28H43NO5S/c1-16-9-8-10-28(7)14-20(28)12-22(17(2)11-21-15-35-19(4)29-21)34-24(31)13-23(30)27(5,6)26(33)18(3)25(16)32/h11,15-16,18,20,22-23,25,30,32H,8-10,12-14H2,1-7H3/t16-,18+,20+,22-,23-,25-,28+/m0/s1. The summed E-state index contributed by atoms with van der Waals surface area (Å²) < 4.78 is 5.95. The van der Waals surface area contributed by atoms with Crippen LogP contribution in [-0.4, -0.2) is 45.3 Å². The van der Waals surface area contributed by atoms with E-state index in [-0.39, 0.29) is 23.5 Å². The first-order chi connectivity index (χ1) is 16.2. The lowest BCUT2D eigenvalue weighted by molar-refractivity contribution is -0.154. The van der Waals surface area contributed by atoms with Crippen LogP contribution in [0.1, 0.15) is 90.8 Å². The van der Waals surface area contributed by atoms with E-state index < -0.39 is 35.6 Å². The molecule has 1 aromatic rings. The minimum atomic E-state index is -1.20. The van der Waals surface area contributed by atoms with E-state index in [9.17, 15) is 19.8 Å². The Morgan fingerprint density at radius 3 is 2.54 bits per heavy atom. The maximum Gasteiger partial charge on any atom is 0.309 e. The molecule has 2 N–H and O–H groups in total. The number of cyclic esters (lactones) is 1. The highest BCUT2D eigenvalue weighted by atomic mass is 32.1. The summed E-state index contributed by atoms with van der Waals surface area (Å²) in [6.07, 6.45) is 4.06. The van der Waals surface area contributed by atoms with Gasteiger partial charge in [-0.1, -0.05) is 41.0 Å². The third-order valence-electron chi connectivity index (χ3n) is 8.58.